The molecule has 0 aliphatic carbocycles. The number of unbranched alkanes of at least 4 members (excludes halogenated alkanes) is 2. The fraction of sp³-hybridized carbons (Fsp3) is 0.421. The van der Waals surface area contributed by atoms with Gasteiger partial charge in [-0.05, 0) is 31.5 Å². The molecular weight excluding hydrogens is 306 g/mol. The molecule has 0 saturated carbocycles. The van der Waals surface area contributed by atoms with Crippen LogP contribution in [0.5, 0.6) is 0 Å². The highest BCUT2D eigenvalue weighted by atomic mass is 32.2. The smallest absolute Gasteiger partial charge is 0.287 e. The molecule has 0 saturated heterocycles. The topological polar surface area (TPSA) is 42.2 Å². The largest absolute Gasteiger partial charge is 0.459 e. The van der Waals surface area contributed by atoms with E-state index < -0.39 is 0 Å². The molecule has 124 valence electrons. The average Bonchev–Trinajstić information content (AvgIpc) is 3.03. The number of carbonyl (C=O) groups excluding carboxylic acids is 1. The van der Waals surface area contributed by atoms with E-state index in [-0.39, 0.29) is 11.9 Å². The first-order valence-electron chi connectivity index (χ1n) is 8.25. The van der Waals surface area contributed by atoms with Crippen LogP contribution < -0.4 is 5.32 Å². The van der Waals surface area contributed by atoms with Crippen molar-refractivity contribution in [2.24, 2.45) is 0 Å². The van der Waals surface area contributed by atoms with E-state index in [1.54, 1.807) is 18.0 Å². The summed E-state index contributed by atoms with van der Waals surface area (Å²) in [5, 5.41) is 3.04. The van der Waals surface area contributed by atoms with E-state index in [1.165, 1.54) is 17.7 Å². The monoisotopic (exact) mass is 331 g/mol. The lowest BCUT2D eigenvalue weighted by Crippen LogP contribution is -2.32. The minimum Gasteiger partial charge on any atom is -0.459 e. The van der Waals surface area contributed by atoms with Gasteiger partial charge in [0.1, 0.15) is 0 Å². The van der Waals surface area contributed by atoms with Crippen molar-refractivity contribution in [1.29, 1.82) is 0 Å². The van der Waals surface area contributed by atoms with Gasteiger partial charge in [-0.3, -0.25) is 4.79 Å². The zero-order valence-corrected chi connectivity index (χ0v) is 14.7. The molecule has 1 N–H and O–H groups in total. The first-order chi connectivity index (χ1) is 11.2. The Morgan fingerprint density at radius 1 is 1.22 bits per heavy atom. The van der Waals surface area contributed by atoms with Crippen molar-refractivity contribution in [2.75, 3.05) is 0 Å². The maximum Gasteiger partial charge on any atom is 0.287 e. The lowest BCUT2D eigenvalue weighted by Gasteiger charge is -2.13. The molecule has 1 aromatic carbocycles. The molecule has 0 aliphatic heterocycles. The normalized spacial score (nSPS) is 12.1. The number of carbonyl (C=O) groups is 1. The van der Waals surface area contributed by atoms with Gasteiger partial charge in [0.2, 0.25) is 0 Å². The SMILES string of the molecule is CCCCCC(C)NC(=O)c1occc1CSc1ccccc1. The van der Waals surface area contributed by atoms with E-state index in [1.807, 2.05) is 24.3 Å². The van der Waals surface area contributed by atoms with Crippen LogP contribution in [0.25, 0.3) is 0 Å². The van der Waals surface area contributed by atoms with Crippen LogP contribution >= 0.6 is 11.8 Å². The van der Waals surface area contributed by atoms with Crippen LogP contribution in [0.3, 0.4) is 0 Å². The third kappa shape index (κ3) is 5.79. The van der Waals surface area contributed by atoms with Gasteiger partial charge in [-0.25, -0.2) is 0 Å². The molecule has 2 rings (SSSR count). The number of hydrogen-bond donors (Lipinski definition) is 1. The van der Waals surface area contributed by atoms with Crippen molar-refractivity contribution in [2.45, 2.75) is 56.2 Å². The van der Waals surface area contributed by atoms with Gasteiger partial charge in [-0.1, -0.05) is 44.4 Å². The Kier molecular flexibility index (Phi) is 7.27. The molecule has 23 heavy (non-hydrogen) atoms. The Hall–Kier alpha value is -1.68. The highest BCUT2D eigenvalue weighted by Crippen LogP contribution is 2.24. The maximum absolute atomic E-state index is 12.4. The molecular formula is C19H25NO2S. The van der Waals surface area contributed by atoms with Gasteiger partial charge in [0.25, 0.3) is 5.91 Å². The number of nitrogens with one attached hydrogen (secondary N) is 1. The molecule has 0 aliphatic rings. The zero-order chi connectivity index (χ0) is 16.5. The van der Waals surface area contributed by atoms with E-state index in [0.717, 1.165) is 24.2 Å². The summed E-state index contributed by atoms with van der Waals surface area (Å²) in [7, 11) is 0. The second-order valence-corrected chi connectivity index (χ2v) is 6.80. The van der Waals surface area contributed by atoms with Crippen LogP contribution in [0.15, 0.2) is 52.0 Å². The molecule has 0 radical (unpaired) electrons. The Balaban J connectivity index is 1.88. The number of rotatable bonds is 9. The van der Waals surface area contributed by atoms with E-state index >= 15 is 0 Å². The summed E-state index contributed by atoms with van der Waals surface area (Å²) in [6.07, 6.45) is 6.15. The highest BCUT2D eigenvalue weighted by molar-refractivity contribution is 7.98. The summed E-state index contributed by atoms with van der Waals surface area (Å²) in [6.45, 7) is 4.23. The molecule has 4 heteroatoms. The lowest BCUT2D eigenvalue weighted by molar-refractivity contribution is 0.0909. The van der Waals surface area contributed by atoms with Gasteiger partial charge < -0.3 is 9.73 Å². The third-order valence-corrected chi connectivity index (χ3v) is 4.77. The number of amides is 1. The van der Waals surface area contributed by atoms with Crippen molar-refractivity contribution < 1.29 is 9.21 Å². The predicted octanol–water partition coefficient (Wildman–Crippen LogP) is 5.27. The van der Waals surface area contributed by atoms with Gasteiger partial charge >= 0.3 is 0 Å². The van der Waals surface area contributed by atoms with Gasteiger partial charge in [-0.15, -0.1) is 11.8 Å². The Labute approximate surface area is 142 Å². The molecule has 2 aromatic rings. The number of furan rings is 1. The minimum absolute atomic E-state index is 0.109. The Morgan fingerprint density at radius 3 is 2.74 bits per heavy atom. The fourth-order valence-corrected chi connectivity index (χ4v) is 3.29. The molecule has 1 aromatic heterocycles. The molecule has 0 fully saturated rings. The van der Waals surface area contributed by atoms with Crippen LogP contribution in [-0.4, -0.2) is 11.9 Å². The second-order valence-electron chi connectivity index (χ2n) is 5.75. The molecule has 0 spiro atoms. The molecule has 1 atom stereocenters. The summed E-state index contributed by atoms with van der Waals surface area (Å²) in [5.41, 5.74) is 0.942. The third-order valence-electron chi connectivity index (χ3n) is 3.71. The van der Waals surface area contributed by atoms with Crippen molar-refractivity contribution in [3.05, 3.63) is 54.0 Å². The highest BCUT2D eigenvalue weighted by Gasteiger charge is 2.17. The predicted molar refractivity (Wildman–Crippen MR) is 95.8 cm³/mol. The van der Waals surface area contributed by atoms with Crippen LogP contribution in [0, 0.1) is 0 Å². The number of benzene rings is 1. The fourth-order valence-electron chi connectivity index (χ4n) is 2.39. The summed E-state index contributed by atoms with van der Waals surface area (Å²) in [6, 6.07) is 12.2. The molecule has 1 unspecified atom stereocenters. The molecule has 0 bridgehead atoms. The van der Waals surface area contributed by atoms with E-state index in [2.05, 4.69) is 31.3 Å². The first kappa shape index (κ1) is 17.7. The number of thioether (sulfide) groups is 1. The maximum atomic E-state index is 12.4. The Morgan fingerprint density at radius 2 is 2.00 bits per heavy atom. The van der Waals surface area contributed by atoms with Gasteiger partial charge in [-0.2, -0.15) is 0 Å². The van der Waals surface area contributed by atoms with Crippen LogP contribution in [-0.2, 0) is 5.75 Å². The molecule has 1 heterocycles. The summed E-state index contributed by atoms with van der Waals surface area (Å²) >= 11 is 1.71. The lowest BCUT2D eigenvalue weighted by atomic mass is 10.1. The van der Waals surface area contributed by atoms with E-state index in [0.29, 0.717) is 5.76 Å². The van der Waals surface area contributed by atoms with Gasteiger partial charge in [0.05, 0.1) is 6.26 Å². The van der Waals surface area contributed by atoms with Crippen molar-refractivity contribution in [3.63, 3.8) is 0 Å². The van der Waals surface area contributed by atoms with Gasteiger partial charge in [0.15, 0.2) is 5.76 Å². The van der Waals surface area contributed by atoms with E-state index in [9.17, 15) is 4.79 Å². The number of hydrogen-bond acceptors (Lipinski definition) is 3. The standard InChI is InChI=1S/C19H25NO2S/c1-3-4-6-9-15(2)20-19(21)18-16(12-13-22-18)14-23-17-10-7-5-8-11-17/h5,7-8,10-13,15H,3-4,6,9,14H2,1-2H3,(H,20,21). The summed E-state index contributed by atoms with van der Waals surface area (Å²) in [4.78, 5) is 13.6. The molecule has 1 amide bonds. The van der Waals surface area contributed by atoms with Crippen molar-refractivity contribution in [3.8, 4) is 0 Å². The summed E-state index contributed by atoms with van der Waals surface area (Å²) < 4.78 is 5.42. The Bertz CT molecular complexity index is 594. The molecule has 3 nitrogen and oxygen atoms in total. The van der Waals surface area contributed by atoms with E-state index in [4.69, 9.17) is 4.42 Å². The van der Waals surface area contributed by atoms with Crippen molar-refractivity contribution >= 4 is 17.7 Å². The quantitative estimate of drug-likeness (QED) is 0.503. The second kappa shape index (κ2) is 9.46. The first-order valence-corrected chi connectivity index (χ1v) is 9.24. The summed E-state index contributed by atoms with van der Waals surface area (Å²) in [5.74, 6) is 1.06. The average molecular weight is 331 g/mol. The van der Waals surface area contributed by atoms with Crippen LogP contribution in [0.2, 0.25) is 0 Å². The van der Waals surface area contributed by atoms with Crippen LogP contribution in [0.4, 0.5) is 0 Å². The minimum atomic E-state index is -0.109. The van der Waals surface area contributed by atoms with Crippen molar-refractivity contribution in [1.82, 2.24) is 5.32 Å². The van der Waals surface area contributed by atoms with Gasteiger partial charge in [0, 0.05) is 22.3 Å². The van der Waals surface area contributed by atoms with Crippen LogP contribution in [0.1, 0.15) is 55.6 Å². The zero-order valence-electron chi connectivity index (χ0n) is 13.9.